The van der Waals surface area contributed by atoms with Gasteiger partial charge in [-0.25, -0.2) is 0 Å². The van der Waals surface area contributed by atoms with Crippen molar-refractivity contribution in [3.63, 3.8) is 0 Å². The molecule has 72 valence electrons. The topological polar surface area (TPSA) is 21.6 Å². The number of allylic oxidation sites excluding steroid dienone is 1. The summed E-state index contributed by atoms with van der Waals surface area (Å²) in [7, 11) is 0. The summed E-state index contributed by atoms with van der Waals surface area (Å²) < 4.78 is 0. The first-order valence-electron chi connectivity index (χ1n) is 4.84. The molecule has 0 fully saturated rings. The van der Waals surface area contributed by atoms with Crippen LogP contribution in [0.1, 0.15) is 5.56 Å². The second-order valence-electron chi connectivity index (χ2n) is 3.40. The Labute approximate surface area is 87.5 Å². The van der Waals surface area contributed by atoms with E-state index in [2.05, 4.69) is 17.3 Å². The van der Waals surface area contributed by atoms with E-state index in [0.29, 0.717) is 0 Å². The Morgan fingerprint density at radius 1 is 1.00 bits per heavy atom. The second-order valence-corrected chi connectivity index (χ2v) is 3.40. The van der Waals surface area contributed by atoms with E-state index in [-0.39, 0.29) is 0 Å². The van der Waals surface area contributed by atoms with E-state index in [9.17, 15) is 0 Å². The molecule has 0 atom stereocenters. The van der Waals surface area contributed by atoms with Crippen LogP contribution in [0.15, 0.2) is 47.6 Å². The molecule has 15 heavy (non-hydrogen) atoms. The Kier molecular flexibility index (Phi) is 1.78. The van der Waals surface area contributed by atoms with Crippen LogP contribution in [-0.2, 0) is 0 Å². The maximum absolute atomic E-state index is 5.26. The Hall–Kier alpha value is -2.09. The van der Waals surface area contributed by atoms with Crippen molar-refractivity contribution in [1.29, 1.82) is 0 Å². The number of benzene rings is 2. The Balaban J connectivity index is 2.38. The van der Waals surface area contributed by atoms with Gasteiger partial charge in [-0.2, -0.15) is 0 Å². The summed E-state index contributed by atoms with van der Waals surface area (Å²) in [6.45, 7) is 0. The van der Waals surface area contributed by atoms with Gasteiger partial charge < -0.3 is 4.84 Å². The molecule has 0 aliphatic carbocycles. The smallest absolute Gasteiger partial charge is 0.165 e. The van der Waals surface area contributed by atoms with Gasteiger partial charge in [0.1, 0.15) is 0 Å². The Morgan fingerprint density at radius 3 is 2.93 bits per heavy atom. The molecule has 0 saturated carbocycles. The van der Waals surface area contributed by atoms with Gasteiger partial charge in [0.25, 0.3) is 0 Å². The number of oxime groups is 1. The average molecular weight is 195 g/mol. The van der Waals surface area contributed by atoms with Gasteiger partial charge in [0, 0.05) is 5.56 Å². The summed E-state index contributed by atoms with van der Waals surface area (Å²) >= 11 is 0. The zero-order chi connectivity index (χ0) is 10.1. The van der Waals surface area contributed by atoms with Gasteiger partial charge in [0.15, 0.2) is 5.75 Å². The third-order valence-electron chi connectivity index (χ3n) is 2.49. The molecule has 0 N–H and O–H groups in total. The van der Waals surface area contributed by atoms with E-state index in [1.807, 2.05) is 36.4 Å². The van der Waals surface area contributed by atoms with Crippen molar-refractivity contribution in [3.05, 3.63) is 48.0 Å². The molecule has 0 spiro atoms. The van der Waals surface area contributed by atoms with Gasteiger partial charge in [-0.05, 0) is 29.0 Å². The number of hydrogen-bond acceptors (Lipinski definition) is 2. The molecule has 1 aliphatic heterocycles. The SMILES string of the molecule is C1=Cc2c(ccc3ccccc23)ON=C1. The number of rotatable bonds is 0. The fraction of sp³-hybridized carbons (Fsp3) is 0. The molecule has 2 nitrogen and oxygen atoms in total. The maximum atomic E-state index is 5.26. The molecule has 0 unspecified atom stereocenters. The lowest BCUT2D eigenvalue weighted by atomic mass is 10.0. The van der Waals surface area contributed by atoms with Crippen molar-refractivity contribution in [2.75, 3.05) is 0 Å². The highest BCUT2D eigenvalue weighted by atomic mass is 16.6. The third-order valence-corrected chi connectivity index (χ3v) is 2.49. The zero-order valence-corrected chi connectivity index (χ0v) is 8.05. The molecule has 2 heteroatoms. The van der Waals surface area contributed by atoms with Gasteiger partial charge in [0.2, 0.25) is 0 Å². The van der Waals surface area contributed by atoms with Crippen LogP contribution < -0.4 is 4.84 Å². The van der Waals surface area contributed by atoms with Crippen molar-refractivity contribution < 1.29 is 4.84 Å². The molecule has 0 bridgehead atoms. The predicted octanol–water partition coefficient (Wildman–Crippen LogP) is 3.23. The van der Waals surface area contributed by atoms with Crippen LogP contribution in [0.4, 0.5) is 0 Å². The lowest BCUT2D eigenvalue weighted by Crippen LogP contribution is -1.86. The van der Waals surface area contributed by atoms with E-state index in [1.54, 1.807) is 6.21 Å². The minimum absolute atomic E-state index is 0.804. The van der Waals surface area contributed by atoms with Gasteiger partial charge in [0.05, 0.1) is 6.21 Å². The molecule has 3 rings (SSSR count). The molecular weight excluding hydrogens is 186 g/mol. The fourth-order valence-electron chi connectivity index (χ4n) is 1.79. The summed E-state index contributed by atoms with van der Waals surface area (Å²) in [6, 6.07) is 12.2. The van der Waals surface area contributed by atoms with Crippen LogP contribution in [0.3, 0.4) is 0 Å². The quantitative estimate of drug-likeness (QED) is 0.632. The Bertz CT molecular complexity index is 570. The predicted molar refractivity (Wildman–Crippen MR) is 62.1 cm³/mol. The van der Waals surface area contributed by atoms with E-state index in [1.165, 1.54) is 10.8 Å². The van der Waals surface area contributed by atoms with Crippen molar-refractivity contribution >= 4 is 23.1 Å². The van der Waals surface area contributed by atoms with Crippen LogP contribution in [-0.4, -0.2) is 6.21 Å². The second kappa shape index (κ2) is 3.24. The molecule has 2 aromatic carbocycles. The first-order chi connectivity index (χ1) is 7.45. The standard InChI is InChI=1S/C13H9NO/c1-2-5-11-10(4-1)7-8-13-12(11)6-3-9-14-15-13/h1-9H. The molecule has 2 aromatic rings. The lowest BCUT2D eigenvalue weighted by molar-refractivity contribution is 0.344. The fourth-order valence-corrected chi connectivity index (χ4v) is 1.79. The van der Waals surface area contributed by atoms with Crippen molar-refractivity contribution in [2.45, 2.75) is 0 Å². The summed E-state index contributed by atoms with van der Waals surface area (Å²) in [5.74, 6) is 0.804. The van der Waals surface area contributed by atoms with Crippen LogP contribution >= 0.6 is 0 Å². The maximum Gasteiger partial charge on any atom is 0.165 e. The highest BCUT2D eigenvalue weighted by molar-refractivity contribution is 5.95. The molecule has 1 aliphatic rings. The first kappa shape index (κ1) is 8.24. The highest BCUT2D eigenvalue weighted by Gasteiger charge is 2.07. The largest absolute Gasteiger partial charge is 0.356 e. The molecule has 1 heterocycles. The average Bonchev–Trinajstić information content (AvgIpc) is 2.54. The highest BCUT2D eigenvalue weighted by Crippen LogP contribution is 2.30. The van der Waals surface area contributed by atoms with Crippen LogP contribution in [0.25, 0.3) is 16.8 Å². The van der Waals surface area contributed by atoms with Crippen molar-refractivity contribution in [3.8, 4) is 5.75 Å². The summed E-state index contributed by atoms with van der Waals surface area (Å²) in [5.41, 5.74) is 1.09. The van der Waals surface area contributed by atoms with Gasteiger partial charge in [-0.1, -0.05) is 35.5 Å². The normalized spacial score (nSPS) is 13.3. The number of nitrogens with zero attached hydrogens (tertiary/aromatic N) is 1. The van der Waals surface area contributed by atoms with E-state index in [0.717, 1.165) is 11.3 Å². The van der Waals surface area contributed by atoms with Crippen LogP contribution in [0, 0.1) is 0 Å². The summed E-state index contributed by atoms with van der Waals surface area (Å²) in [6.07, 6.45) is 5.56. The molecule has 0 aromatic heterocycles. The van der Waals surface area contributed by atoms with E-state index < -0.39 is 0 Å². The zero-order valence-electron chi connectivity index (χ0n) is 8.05. The van der Waals surface area contributed by atoms with Gasteiger partial charge in [-0.3, -0.25) is 0 Å². The molecule has 0 amide bonds. The number of hydrogen-bond donors (Lipinski definition) is 0. The van der Waals surface area contributed by atoms with Crippen molar-refractivity contribution in [2.24, 2.45) is 5.16 Å². The summed E-state index contributed by atoms with van der Waals surface area (Å²) in [5, 5.41) is 6.21. The minimum atomic E-state index is 0.804. The Morgan fingerprint density at radius 2 is 1.93 bits per heavy atom. The molecular formula is C13H9NO. The van der Waals surface area contributed by atoms with Crippen molar-refractivity contribution in [1.82, 2.24) is 0 Å². The van der Waals surface area contributed by atoms with E-state index in [4.69, 9.17) is 4.84 Å². The monoisotopic (exact) mass is 195 g/mol. The lowest BCUT2D eigenvalue weighted by Gasteiger charge is -2.05. The summed E-state index contributed by atoms with van der Waals surface area (Å²) in [4.78, 5) is 5.26. The molecule has 0 saturated heterocycles. The van der Waals surface area contributed by atoms with Crippen LogP contribution in [0.5, 0.6) is 5.75 Å². The minimum Gasteiger partial charge on any atom is -0.356 e. The van der Waals surface area contributed by atoms with E-state index >= 15 is 0 Å². The van der Waals surface area contributed by atoms with Gasteiger partial charge in [-0.15, -0.1) is 0 Å². The first-order valence-corrected chi connectivity index (χ1v) is 4.84. The van der Waals surface area contributed by atoms with Gasteiger partial charge >= 0.3 is 0 Å². The third kappa shape index (κ3) is 1.31. The molecule has 0 radical (unpaired) electrons. The number of fused-ring (bicyclic) bond motifs is 3. The van der Waals surface area contributed by atoms with Crippen LogP contribution in [0.2, 0.25) is 0 Å².